The molecular weight excluding hydrogens is 142 g/mol. The van der Waals surface area contributed by atoms with Crippen LogP contribution in [-0.4, -0.2) is 16.6 Å². The molecule has 3 nitrogen and oxygen atoms in total. The molecule has 0 saturated heterocycles. The van der Waals surface area contributed by atoms with Crippen LogP contribution < -0.4 is 5.73 Å². The highest BCUT2D eigenvalue weighted by molar-refractivity contribution is 5.84. The summed E-state index contributed by atoms with van der Waals surface area (Å²) in [6.45, 7) is 0. The first-order valence-electron chi connectivity index (χ1n) is 3.85. The van der Waals surface area contributed by atoms with Crippen LogP contribution >= 0.6 is 0 Å². The summed E-state index contributed by atoms with van der Waals surface area (Å²) in [6, 6.07) is 0. The number of carbonyl (C=O) groups is 1. The molecule has 0 aromatic rings. The maximum absolute atomic E-state index is 10.7. The fourth-order valence-corrected chi connectivity index (χ4v) is 2.12. The molecule has 2 unspecified atom stereocenters. The van der Waals surface area contributed by atoms with Crippen molar-refractivity contribution in [1.29, 1.82) is 0 Å². The van der Waals surface area contributed by atoms with E-state index in [1.165, 1.54) is 0 Å². The van der Waals surface area contributed by atoms with Gasteiger partial charge in [-0.2, -0.15) is 0 Å². The van der Waals surface area contributed by atoms with Gasteiger partial charge in [0.25, 0.3) is 0 Å². The molecule has 0 aliphatic heterocycles. The number of carboxylic acids is 1. The third-order valence-electron chi connectivity index (χ3n) is 2.77. The van der Waals surface area contributed by atoms with Crippen LogP contribution in [0.3, 0.4) is 0 Å². The average Bonchev–Trinajstić information content (AvgIpc) is 2.45. The first-order valence-corrected chi connectivity index (χ1v) is 3.85. The number of rotatable bonds is 1. The third-order valence-corrected chi connectivity index (χ3v) is 2.77. The van der Waals surface area contributed by atoms with Crippen LogP contribution in [0.15, 0.2) is 11.6 Å². The minimum absolute atomic E-state index is 0.506. The van der Waals surface area contributed by atoms with Crippen LogP contribution in [0.1, 0.15) is 19.3 Å². The second kappa shape index (κ2) is 1.85. The zero-order valence-corrected chi connectivity index (χ0v) is 6.21. The third kappa shape index (κ3) is 0.744. The van der Waals surface area contributed by atoms with Crippen molar-refractivity contribution >= 4 is 5.97 Å². The van der Waals surface area contributed by atoms with Gasteiger partial charge in [0, 0.05) is 0 Å². The summed E-state index contributed by atoms with van der Waals surface area (Å²) in [7, 11) is 0. The largest absolute Gasteiger partial charge is 0.480 e. The molecule has 2 aliphatic rings. The number of nitrogens with two attached hydrogens (primary N) is 1. The van der Waals surface area contributed by atoms with Crippen molar-refractivity contribution in [2.75, 3.05) is 0 Å². The minimum Gasteiger partial charge on any atom is -0.480 e. The van der Waals surface area contributed by atoms with E-state index in [0.717, 1.165) is 18.4 Å². The lowest BCUT2D eigenvalue weighted by Gasteiger charge is -2.22. The van der Waals surface area contributed by atoms with Crippen LogP contribution in [0.25, 0.3) is 0 Å². The zero-order valence-electron chi connectivity index (χ0n) is 6.21. The molecule has 0 radical (unpaired) electrons. The zero-order chi connectivity index (χ0) is 8.06. The molecule has 0 spiro atoms. The molecule has 2 bridgehead atoms. The highest BCUT2D eigenvalue weighted by Gasteiger charge is 2.48. The van der Waals surface area contributed by atoms with Gasteiger partial charge in [-0.05, 0) is 30.8 Å². The van der Waals surface area contributed by atoms with Crippen molar-refractivity contribution in [3.63, 3.8) is 0 Å². The van der Waals surface area contributed by atoms with Gasteiger partial charge in [0.1, 0.15) is 5.54 Å². The Balaban J connectivity index is 2.36. The van der Waals surface area contributed by atoms with Gasteiger partial charge in [-0.15, -0.1) is 0 Å². The molecule has 11 heavy (non-hydrogen) atoms. The van der Waals surface area contributed by atoms with Crippen LogP contribution in [0.2, 0.25) is 0 Å². The average molecular weight is 153 g/mol. The molecule has 2 atom stereocenters. The van der Waals surface area contributed by atoms with E-state index in [0.29, 0.717) is 12.3 Å². The molecule has 3 N–H and O–H groups in total. The van der Waals surface area contributed by atoms with Gasteiger partial charge in [0.05, 0.1) is 0 Å². The Bertz CT molecular complexity index is 246. The Labute approximate surface area is 64.9 Å². The summed E-state index contributed by atoms with van der Waals surface area (Å²) in [5.74, 6) is -0.364. The summed E-state index contributed by atoms with van der Waals surface area (Å²) in [4.78, 5) is 10.7. The van der Waals surface area contributed by atoms with Crippen molar-refractivity contribution in [3.05, 3.63) is 11.6 Å². The smallest absolute Gasteiger partial charge is 0.328 e. The first kappa shape index (κ1) is 6.85. The SMILES string of the molecule is NC1(C(=O)O)CC2CC=C1C2. The van der Waals surface area contributed by atoms with E-state index in [2.05, 4.69) is 0 Å². The summed E-state index contributed by atoms with van der Waals surface area (Å²) in [5.41, 5.74) is 5.65. The highest BCUT2D eigenvalue weighted by atomic mass is 16.4. The van der Waals surface area contributed by atoms with E-state index in [1.54, 1.807) is 0 Å². The summed E-state index contributed by atoms with van der Waals surface area (Å²) >= 11 is 0. The van der Waals surface area contributed by atoms with Gasteiger partial charge in [-0.1, -0.05) is 6.08 Å². The van der Waals surface area contributed by atoms with Gasteiger partial charge in [-0.25, -0.2) is 4.79 Å². The molecule has 2 rings (SSSR count). The maximum atomic E-state index is 10.7. The number of fused-ring (bicyclic) bond motifs is 2. The van der Waals surface area contributed by atoms with Crippen LogP contribution in [0, 0.1) is 5.92 Å². The van der Waals surface area contributed by atoms with E-state index >= 15 is 0 Å². The van der Waals surface area contributed by atoms with Gasteiger partial charge >= 0.3 is 5.97 Å². The summed E-state index contributed by atoms with van der Waals surface area (Å²) in [5, 5.41) is 8.83. The van der Waals surface area contributed by atoms with Gasteiger partial charge in [-0.3, -0.25) is 0 Å². The van der Waals surface area contributed by atoms with E-state index < -0.39 is 11.5 Å². The predicted octanol–water partition coefficient (Wildman–Crippen LogP) is 0.509. The molecule has 60 valence electrons. The lowest BCUT2D eigenvalue weighted by Crippen LogP contribution is -2.47. The van der Waals surface area contributed by atoms with Crippen molar-refractivity contribution in [2.45, 2.75) is 24.8 Å². The fourth-order valence-electron chi connectivity index (χ4n) is 2.12. The molecule has 0 heterocycles. The van der Waals surface area contributed by atoms with E-state index in [4.69, 9.17) is 10.8 Å². The van der Waals surface area contributed by atoms with E-state index in [-0.39, 0.29) is 0 Å². The fraction of sp³-hybridized carbons (Fsp3) is 0.625. The number of allylic oxidation sites excluding steroid dienone is 1. The van der Waals surface area contributed by atoms with Crippen LogP contribution in [0.5, 0.6) is 0 Å². The second-order valence-electron chi connectivity index (χ2n) is 3.52. The van der Waals surface area contributed by atoms with Crippen LogP contribution in [0.4, 0.5) is 0 Å². The lowest BCUT2D eigenvalue weighted by atomic mass is 9.89. The topological polar surface area (TPSA) is 63.3 Å². The Morgan fingerprint density at radius 3 is 2.82 bits per heavy atom. The van der Waals surface area contributed by atoms with Crippen molar-refractivity contribution in [2.24, 2.45) is 11.7 Å². The number of aliphatic carboxylic acids is 1. The summed E-state index contributed by atoms with van der Waals surface area (Å²) in [6.07, 6.45) is 4.56. The van der Waals surface area contributed by atoms with Crippen LogP contribution in [-0.2, 0) is 4.79 Å². The van der Waals surface area contributed by atoms with E-state index in [1.807, 2.05) is 6.08 Å². The van der Waals surface area contributed by atoms with Crippen molar-refractivity contribution in [3.8, 4) is 0 Å². The quantitative estimate of drug-likeness (QED) is 0.539. The molecule has 0 amide bonds. The molecule has 2 aliphatic carbocycles. The predicted molar refractivity (Wildman–Crippen MR) is 40.0 cm³/mol. The Morgan fingerprint density at radius 1 is 1.82 bits per heavy atom. The molecule has 3 heteroatoms. The number of carboxylic acid groups (broad SMARTS) is 1. The maximum Gasteiger partial charge on any atom is 0.328 e. The molecule has 1 fully saturated rings. The molecule has 0 aromatic heterocycles. The molecule has 0 aromatic carbocycles. The van der Waals surface area contributed by atoms with Crippen molar-refractivity contribution < 1.29 is 9.90 Å². The molecular formula is C8H11NO2. The van der Waals surface area contributed by atoms with Gasteiger partial charge < -0.3 is 10.8 Å². The van der Waals surface area contributed by atoms with Crippen molar-refractivity contribution in [1.82, 2.24) is 0 Å². The standard InChI is InChI=1S/C8H11NO2/c9-8(7(10)11)4-5-1-2-6(8)3-5/h2,5H,1,3-4,9H2,(H,10,11). The van der Waals surface area contributed by atoms with E-state index in [9.17, 15) is 4.79 Å². The second-order valence-corrected chi connectivity index (χ2v) is 3.52. The number of hydrogen-bond acceptors (Lipinski definition) is 2. The summed E-state index contributed by atoms with van der Waals surface area (Å²) < 4.78 is 0. The monoisotopic (exact) mass is 153 g/mol. The van der Waals surface area contributed by atoms with Gasteiger partial charge in [0.2, 0.25) is 0 Å². The van der Waals surface area contributed by atoms with Gasteiger partial charge in [0.15, 0.2) is 0 Å². The highest BCUT2D eigenvalue weighted by Crippen LogP contribution is 2.45. The minimum atomic E-state index is -1.01. The Morgan fingerprint density at radius 2 is 2.55 bits per heavy atom. The Hall–Kier alpha value is -0.830. The Kier molecular flexibility index (Phi) is 1.16. The first-order chi connectivity index (χ1) is 5.13. The molecule has 1 saturated carbocycles. The normalized spacial score (nSPS) is 40.8. The number of hydrogen-bond donors (Lipinski definition) is 2. The lowest BCUT2D eigenvalue weighted by molar-refractivity contribution is -0.141.